The first-order chi connectivity index (χ1) is 16.6. The third-order valence-corrected chi connectivity index (χ3v) is 7.65. The molecule has 4 heterocycles. The van der Waals surface area contributed by atoms with Crippen LogP contribution in [0.3, 0.4) is 0 Å². The van der Waals surface area contributed by atoms with E-state index in [2.05, 4.69) is 72.3 Å². The summed E-state index contributed by atoms with van der Waals surface area (Å²) in [6.45, 7) is 0. The number of hydrogen-bond acceptors (Lipinski definition) is 6. The normalized spacial score (nSPS) is 10.5. The molecule has 0 saturated heterocycles. The minimum atomic E-state index is -3.53. The molecule has 35 heavy (non-hydrogen) atoms. The Morgan fingerprint density at radius 2 is 1.57 bits per heavy atom. The van der Waals surface area contributed by atoms with Gasteiger partial charge in [0.2, 0.25) is 0 Å². The molecule has 0 spiro atoms. The van der Waals surface area contributed by atoms with Crippen molar-refractivity contribution in [2.45, 2.75) is 4.90 Å². The van der Waals surface area contributed by atoms with Crippen LogP contribution < -0.4 is 0 Å². The molecule has 5 aromatic rings. The van der Waals surface area contributed by atoms with Crippen molar-refractivity contribution in [1.29, 1.82) is 10.5 Å². The van der Waals surface area contributed by atoms with Gasteiger partial charge in [-0.15, -0.1) is 0 Å². The van der Waals surface area contributed by atoms with Gasteiger partial charge in [-0.25, -0.2) is 18.4 Å². The van der Waals surface area contributed by atoms with Gasteiger partial charge in [0.1, 0.15) is 23.4 Å². The maximum Gasteiger partial charge on any atom is 0.261 e. The Morgan fingerprint density at radius 1 is 0.971 bits per heavy atom. The van der Waals surface area contributed by atoms with E-state index in [9.17, 15) is 8.42 Å². The average Bonchev–Trinajstić information content (AvgIpc) is 3.37. The molecule has 0 bridgehead atoms. The lowest BCUT2D eigenvalue weighted by molar-refractivity contribution is 0.609. The number of aromatic amines is 1. The largest absolute Gasteiger partial charge is 0.345 e. The summed E-state index contributed by atoms with van der Waals surface area (Å²) >= 11 is 4.45. The minimum Gasteiger partial charge on any atom is -0.345 e. The molecule has 0 aliphatic heterocycles. The number of benzene rings is 1. The Balaban J connectivity index is 0.000000148. The third-order valence-electron chi connectivity index (χ3n) is 4.53. The molecule has 0 fully saturated rings. The van der Waals surface area contributed by atoms with Crippen molar-refractivity contribution in [3.8, 4) is 12.1 Å². The summed E-state index contributed by atoms with van der Waals surface area (Å²) in [6.07, 6.45) is 7.03. The zero-order chi connectivity index (χ0) is 25.6. The van der Waals surface area contributed by atoms with Gasteiger partial charge in [-0.3, -0.25) is 0 Å². The molecule has 0 aliphatic carbocycles. The molecule has 0 atom stereocenters. The molecule has 0 amide bonds. The van der Waals surface area contributed by atoms with Crippen LogP contribution in [0.2, 0.25) is 0 Å². The SMILES string of the molecule is Cn1cc(I)c2cc(C#N)cnc21.N#Cc1cnc2[nH]cc(I)c2c1.O=S(=O)(Cl)c1ccccc1. The quantitative estimate of drug-likeness (QED) is 0.174. The molecule has 0 aliphatic rings. The lowest BCUT2D eigenvalue weighted by Crippen LogP contribution is -1.87. The summed E-state index contributed by atoms with van der Waals surface area (Å²) in [5.41, 5.74) is 2.96. The highest BCUT2D eigenvalue weighted by atomic mass is 127. The van der Waals surface area contributed by atoms with Crippen molar-refractivity contribution in [2.24, 2.45) is 7.05 Å². The molecule has 8 nitrogen and oxygen atoms in total. The number of hydrogen-bond donors (Lipinski definition) is 1. The van der Waals surface area contributed by atoms with Crippen molar-refractivity contribution in [3.63, 3.8) is 0 Å². The van der Waals surface area contributed by atoms with Crippen LogP contribution in [0.5, 0.6) is 0 Å². The number of aromatic nitrogens is 4. The van der Waals surface area contributed by atoms with Crippen LogP contribution in [-0.4, -0.2) is 27.9 Å². The Hall–Kier alpha value is -2.72. The number of nitriles is 2. The number of aryl methyl sites for hydroxylation is 1. The highest BCUT2D eigenvalue weighted by Crippen LogP contribution is 2.21. The third kappa shape index (κ3) is 6.91. The molecule has 1 N–H and O–H groups in total. The van der Waals surface area contributed by atoms with Crippen LogP contribution in [0.4, 0.5) is 0 Å². The summed E-state index contributed by atoms with van der Waals surface area (Å²) in [6, 6.07) is 15.7. The van der Waals surface area contributed by atoms with Crippen molar-refractivity contribution < 1.29 is 8.42 Å². The lowest BCUT2D eigenvalue weighted by atomic mass is 10.2. The van der Waals surface area contributed by atoms with E-state index in [1.807, 2.05) is 36.1 Å². The summed E-state index contributed by atoms with van der Waals surface area (Å²) < 4.78 is 25.4. The van der Waals surface area contributed by atoms with Crippen LogP contribution in [0.1, 0.15) is 11.1 Å². The summed E-state index contributed by atoms with van der Waals surface area (Å²) in [4.78, 5) is 11.4. The maximum absolute atomic E-state index is 10.6. The zero-order valence-electron chi connectivity index (χ0n) is 17.9. The minimum absolute atomic E-state index is 0.136. The van der Waals surface area contributed by atoms with E-state index >= 15 is 0 Å². The van der Waals surface area contributed by atoms with E-state index in [1.165, 1.54) is 12.1 Å². The topological polar surface area (TPSA) is 128 Å². The molecule has 5 rings (SSSR count). The van der Waals surface area contributed by atoms with E-state index in [4.69, 9.17) is 21.2 Å². The smallest absolute Gasteiger partial charge is 0.261 e. The van der Waals surface area contributed by atoms with Gasteiger partial charge in [-0.05, 0) is 69.4 Å². The van der Waals surface area contributed by atoms with Gasteiger partial charge in [-0.1, -0.05) is 18.2 Å². The maximum atomic E-state index is 10.6. The number of rotatable bonds is 1. The zero-order valence-corrected chi connectivity index (χ0v) is 23.8. The molecule has 4 aromatic heterocycles. The van der Waals surface area contributed by atoms with Crippen molar-refractivity contribution in [2.75, 3.05) is 0 Å². The number of H-pyrrole nitrogens is 1. The Kier molecular flexibility index (Phi) is 9.07. The van der Waals surface area contributed by atoms with Crippen LogP contribution >= 0.6 is 55.9 Å². The van der Waals surface area contributed by atoms with Crippen molar-refractivity contribution in [3.05, 3.63) is 85.5 Å². The van der Waals surface area contributed by atoms with Crippen LogP contribution in [0.15, 0.2) is 72.1 Å². The highest BCUT2D eigenvalue weighted by molar-refractivity contribution is 14.1. The van der Waals surface area contributed by atoms with Gasteiger partial charge in [0.05, 0.1) is 16.0 Å². The molecule has 12 heteroatoms. The summed E-state index contributed by atoms with van der Waals surface area (Å²) in [5.74, 6) is 0. The number of fused-ring (bicyclic) bond motifs is 2. The molecule has 176 valence electrons. The van der Waals surface area contributed by atoms with Gasteiger partial charge in [0.25, 0.3) is 9.05 Å². The van der Waals surface area contributed by atoms with E-state index in [0.717, 1.165) is 29.2 Å². The molecule has 0 unspecified atom stereocenters. The summed E-state index contributed by atoms with van der Waals surface area (Å²) in [5, 5.41) is 19.4. The fourth-order valence-corrected chi connectivity index (χ4v) is 5.06. The fraction of sp³-hybridized carbons (Fsp3) is 0.0435. The number of nitrogens with one attached hydrogen (secondary N) is 1. The van der Waals surface area contributed by atoms with Gasteiger partial charge >= 0.3 is 0 Å². The van der Waals surface area contributed by atoms with Gasteiger partial charge in [0.15, 0.2) is 0 Å². The number of halogens is 3. The first kappa shape index (κ1) is 26.9. The number of pyridine rings is 2. The monoisotopic (exact) mass is 728 g/mol. The van der Waals surface area contributed by atoms with E-state index in [0.29, 0.717) is 11.1 Å². The Morgan fingerprint density at radius 3 is 2.14 bits per heavy atom. The predicted molar refractivity (Wildman–Crippen MR) is 151 cm³/mol. The van der Waals surface area contributed by atoms with Crippen LogP contribution in [0.25, 0.3) is 22.1 Å². The lowest BCUT2D eigenvalue weighted by Gasteiger charge is -1.93. The number of nitrogens with zero attached hydrogens (tertiary/aromatic N) is 5. The Labute approximate surface area is 233 Å². The second-order valence-corrected chi connectivity index (χ2v) is 11.8. The van der Waals surface area contributed by atoms with Crippen LogP contribution in [0, 0.1) is 29.8 Å². The molecular weight excluding hydrogens is 714 g/mol. The second-order valence-electron chi connectivity index (χ2n) is 6.91. The standard InChI is InChI=1S/C9H6IN3.C8H4IN3.C6H5ClO2S/c1-13-5-8(10)7-2-6(3-11)4-12-9(7)13;9-7-4-12-8-6(7)1-5(2-10)3-11-8;7-10(8,9)6-4-2-1-3-5-6/h2,4-5H,1H3;1,3-4H,(H,11,12);1-5H. The first-order valence-corrected chi connectivity index (χ1v) is 14.1. The van der Waals surface area contributed by atoms with E-state index in [1.54, 1.807) is 30.6 Å². The average molecular weight is 729 g/mol. The van der Waals surface area contributed by atoms with Gasteiger partial charge < -0.3 is 9.55 Å². The van der Waals surface area contributed by atoms with Gasteiger partial charge in [-0.2, -0.15) is 10.5 Å². The molecular formula is C23H15ClI2N6O2S. The van der Waals surface area contributed by atoms with Gasteiger partial charge in [0, 0.05) is 60.4 Å². The summed E-state index contributed by atoms with van der Waals surface area (Å²) in [7, 11) is 3.45. The molecule has 0 saturated carbocycles. The van der Waals surface area contributed by atoms with E-state index < -0.39 is 9.05 Å². The van der Waals surface area contributed by atoms with E-state index in [-0.39, 0.29) is 4.90 Å². The molecule has 1 aromatic carbocycles. The Bertz CT molecular complexity index is 1690. The van der Waals surface area contributed by atoms with Crippen LogP contribution in [-0.2, 0) is 16.1 Å². The predicted octanol–water partition coefficient (Wildman–Crippen LogP) is 5.70. The molecule has 0 radical (unpaired) electrons. The fourth-order valence-electron chi connectivity index (χ4n) is 2.89. The highest BCUT2D eigenvalue weighted by Gasteiger charge is 2.07. The van der Waals surface area contributed by atoms with Crippen molar-refractivity contribution >= 4 is 87.0 Å². The second kappa shape index (κ2) is 11.8. The van der Waals surface area contributed by atoms with Crippen molar-refractivity contribution in [1.82, 2.24) is 19.5 Å². The first-order valence-electron chi connectivity index (χ1n) is 9.67.